The number of aromatic hydroxyl groups is 2. The molecule has 4 nitrogen and oxygen atoms in total. The van der Waals surface area contributed by atoms with E-state index >= 15 is 0 Å². The molecule has 0 spiro atoms. The Hall–Kier alpha value is -2.23. The molecule has 1 aromatic carbocycles. The lowest BCUT2D eigenvalue weighted by molar-refractivity contribution is -0.136. The van der Waals surface area contributed by atoms with Crippen LogP contribution in [0.5, 0.6) is 11.5 Å². The predicted molar refractivity (Wildman–Crippen MR) is 91.8 cm³/mol. The van der Waals surface area contributed by atoms with Gasteiger partial charge in [0, 0.05) is 12.0 Å². The van der Waals surface area contributed by atoms with Gasteiger partial charge in [-0.25, -0.2) is 0 Å². The zero-order valence-electron chi connectivity index (χ0n) is 14.1. The van der Waals surface area contributed by atoms with Gasteiger partial charge in [0.1, 0.15) is 11.5 Å². The van der Waals surface area contributed by atoms with Gasteiger partial charge in [-0.15, -0.1) is 0 Å². The Morgan fingerprint density at radius 1 is 1.00 bits per heavy atom. The predicted octanol–water partition coefficient (Wildman–Crippen LogP) is 4.49. The summed E-state index contributed by atoms with van der Waals surface area (Å²) in [4.78, 5) is 10.5. The van der Waals surface area contributed by atoms with E-state index in [0.717, 1.165) is 24.0 Å². The molecule has 0 radical (unpaired) electrons. The number of aryl methyl sites for hydroxylation is 1. The zero-order chi connectivity index (χ0) is 17.4. The number of hydrogen-bond acceptors (Lipinski definition) is 3. The number of carbonyl (C=O) groups is 1. The van der Waals surface area contributed by atoms with Crippen LogP contribution in [-0.4, -0.2) is 21.3 Å². The maximum absolute atomic E-state index is 10.5. The molecular formula is C19H26O4. The number of benzene rings is 1. The Morgan fingerprint density at radius 2 is 1.57 bits per heavy atom. The summed E-state index contributed by atoms with van der Waals surface area (Å²) in [5.41, 5.74) is 3.63. The zero-order valence-corrected chi connectivity index (χ0v) is 14.1. The number of carboxylic acid groups (broad SMARTS) is 1. The quantitative estimate of drug-likeness (QED) is 0.617. The van der Waals surface area contributed by atoms with Gasteiger partial charge in [-0.2, -0.15) is 0 Å². The van der Waals surface area contributed by atoms with Crippen LogP contribution in [0.1, 0.15) is 50.7 Å². The number of hydrogen-bond donors (Lipinski definition) is 3. The van der Waals surface area contributed by atoms with Crippen molar-refractivity contribution in [1.82, 2.24) is 0 Å². The van der Waals surface area contributed by atoms with Crippen molar-refractivity contribution in [3.8, 4) is 11.5 Å². The van der Waals surface area contributed by atoms with E-state index in [1.165, 1.54) is 5.57 Å². The van der Waals surface area contributed by atoms with E-state index in [0.29, 0.717) is 18.4 Å². The lowest BCUT2D eigenvalue weighted by Crippen LogP contribution is -1.94. The van der Waals surface area contributed by atoms with Crippen molar-refractivity contribution in [2.75, 3.05) is 0 Å². The summed E-state index contributed by atoms with van der Waals surface area (Å²) in [7, 11) is 0. The summed E-state index contributed by atoms with van der Waals surface area (Å²) in [6.07, 6.45) is 7.06. The van der Waals surface area contributed by atoms with Gasteiger partial charge in [-0.3, -0.25) is 4.79 Å². The number of carboxylic acids is 1. The first-order valence-corrected chi connectivity index (χ1v) is 7.84. The van der Waals surface area contributed by atoms with Gasteiger partial charge in [0.15, 0.2) is 0 Å². The number of rotatable bonds is 8. The van der Waals surface area contributed by atoms with E-state index in [1.807, 2.05) is 26.8 Å². The molecule has 0 amide bonds. The van der Waals surface area contributed by atoms with Crippen LogP contribution in [0.2, 0.25) is 0 Å². The Morgan fingerprint density at radius 3 is 2.13 bits per heavy atom. The van der Waals surface area contributed by atoms with Crippen LogP contribution in [0, 0.1) is 6.92 Å². The van der Waals surface area contributed by atoms with Gasteiger partial charge in [-0.1, -0.05) is 23.3 Å². The standard InChI is InChI=1S/C19H26O4/c1-13(5-4-6-14(2)8-10-19(22)23)7-9-16-17(20)11-15(3)12-18(16)21/h6-7,11-12,20-21H,4-5,8-10H2,1-3H3,(H,22,23). The third-order valence-electron chi connectivity index (χ3n) is 3.77. The molecule has 0 saturated carbocycles. The molecule has 0 unspecified atom stereocenters. The molecule has 0 fully saturated rings. The maximum Gasteiger partial charge on any atom is 0.303 e. The maximum atomic E-state index is 10.5. The molecule has 0 aromatic heterocycles. The second-order valence-corrected chi connectivity index (χ2v) is 6.02. The van der Waals surface area contributed by atoms with E-state index < -0.39 is 5.97 Å². The number of allylic oxidation sites excluding steroid dienone is 4. The normalized spacial score (nSPS) is 12.5. The molecule has 0 aliphatic carbocycles. The molecule has 0 aliphatic heterocycles. The Labute approximate surface area is 137 Å². The van der Waals surface area contributed by atoms with Gasteiger partial charge in [-0.05, 0) is 64.2 Å². The van der Waals surface area contributed by atoms with E-state index in [1.54, 1.807) is 12.1 Å². The molecule has 126 valence electrons. The van der Waals surface area contributed by atoms with Crippen LogP contribution < -0.4 is 0 Å². The largest absolute Gasteiger partial charge is 0.508 e. The van der Waals surface area contributed by atoms with Crippen molar-refractivity contribution < 1.29 is 20.1 Å². The fourth-order valence-electron chi connectivity index (χ4n) is 2.32. The molecule has 0 atom stereocenters. The van der Waals surface area contributed by atoms with E-state index in [9.17, 15) is 15.0 Å². The first-order chi connectivity index (χ1) is 10.8. The Balaban J connectivity index is 2.52. The van der Waals surface area contributed by atoms with Crippen LogP contribution in [0.3, 0.4) is 0 Å². The van der Waals surface area contributed by atoms with Gasteiger partial charge < -0.3 is 15.3 Å². The summed E-state index contributed by atoms with van der Waals surface area (Å²) in [6, 6.07) is 3.29. The molecular weight excluding hydrogens is 292 g/mol. The van der Waals surface area contributed by atoms with Gasteiger partial charge in [0.05, 0.1) is 0 Å². The van der Waals surface area contributed by atoms with Crippen molar-refractivity contribution in [2.24, 2.45) is 0 Å². The van der Waals surface area contributed by atoms with E-state index in [2.05, 4.69) is 6.08 Å². The van der Waals surface area contributed by atoms with E-state index in [4.69, 9.17) is 5.11 Å². The summed E-state index contributed by atoms with van der Waals surface area (Å²) in [5.74, 6) is -0.529. The third-order valence-corrected chi connectivity index (χ3v) is 3.77. The average molecular weight is 318 g/mol. The molecule has 0 aliphatic rings. The van der Waals surface area contributed by atoms with Gasteiger partial charge >= 0.3 is 5.97 Å². The van der Waals surface area contributed by atoms with Crippen LogP contribution in [0.15, 0.2) is 35.4 Å². The number of phenolic OH excluding ortho intramolecular Hbond substituents is 2. The highest BCUT2D eigenvalue weighted by molar-refractivity contribution is 5.67. The minimum atomic E-state index is -0.772. The highest BCUT2D eigenvalue weighted by atomic mass is 16.4. The molecule has 0 bridgehead atoms. The fraction of sp³-hybridized carbons (Fsp3) is 0.421. The minimum Gasteiger partial charge on any atom is -0.508 e. The number of aliphatic carboxylic acids is 1. The molecule has 4 heteroatoms. The van der Waals surface area contributed by atoms with Crippen LogP contribution in [-0.2, 0) is 11.2 Å². The summed E-state index contributed by atoms with van der Waals surface area (Å²) < 4.78 is 0. The Kier molecular flexibility index (Phi) is 7.39. The van der Waals surface area contributed by atoms with Gasteiger partial charge in [0.2, 0.25) is 0 Å². The highest BCUT2D eigenvalue weighted by Gasteiger charge is 2.07. The lowest BCUT2D eigenvalue weighted by atomic mass is 10.0. The Bertz CT molecular complexity index is 589. The molecule has 1 rings (SSSR count). The first-order valence-electron chi connectivity index (χ1n) is 7.84. The monoisotopic (exact) mass is 318 g/mol. The lowest BCUT2D eigenvalue weighted by Gasteiger charge is -2.07. The van der Waals surface area contributed by atoms with E-state index in [-0.39, 0.29) is 17.9 Å². The summed E-state index contributed by atoms with van der Waals surface area (Å²) in [5, 5.41) is 28.4. The topological polar surface area (TPSA) is 77.8 Å². The van der Waals surface area contributed by atoms with Crippen molar-refractivity contribution in [3.63, 3.8) is 0 Å². The SMILES string of the molecule is CC(=CCc1c(O)cc(C)cc1O)CCC=C(C)CCC(=O)O. The molecule has 23 heavy (non-hydrogen) atoms. The summed E-state index contributed by atoms with van der Waals surface area (Å²) >= 11 is 0. The number of phenols is 2. The van der Waals surface area contributed by atoms with Crippen molar-refractivity contribution in [1.29, 1.82) is 0 Å². The van der Waals surface area contributed by atoms with Crippen LogP contribution in [0.4, 0.5) is 0 Å². The average Bonchev–Trinajstić information content (AvgIpc) is 2.44. The van der Waals surface area contributed by atoms with Crippen molar-refractivity contribution in [2.45, 2.75) is 52.9 Å². The summed E-state index contributed by atoms with van der Waals surface area (Å²) in [6.45, 7) is 5.79. The highest BCUT2D eigenvalue weighted by Crippen LogP contribution is 2.29. The second-order valence-electron chi connectivity index (χ2n) is 6.02. The van der Waals surface area contributed by atoms with Gasteiger partial charge in [0.25, 0.3) is 0 Å². The van der Waals surface area contributed by atoms with Crippen molar-refractivity contribution in [3.05, 3.63) is 46.6 Å². The second kappa shape index (κ2) is 9.03. The van der Waals surface area contributed by atoms with Crippen LogP contribution in [0.25, 0.3) is 0 Å². The smallest absolute Gasteiger partial charge is 0.303 e. The molecule has 0 heterocycles. The van der Waals surface area contributed by atoms with Crippen LogP contribution >= 0.6 is 0 Å². The van der Waals surface area contributed by atoms with Crippen molar-refractivity contribution >= 4 is 5.97 Å². The fourth-order valence-corrected chi connectivity index (χ4v) is 2.32. The first kappa shape index (κ1) is 18.8. The molecule has 0 saturated heterocycles. The molecule has 3 N–H and O–H groups in total. The molecule has 1 aromatic rings. The minimum absolute atomic E-state index is 0.121. The third kappa shape index (κ3) is 7.04.